The van der Waals surface area contributed by atoms with Crippen LogP contribution in [-0.2, 0) is 0 Å². The first kappa shape index (κ1) is 80.5. The number of phenolic OH excluding ortho intramolecular Hbond substituents is 5. The minimum absolute atomic E-state index is 0.0880. The highest BCUT2D eigenvalue weighted by Gasteiger charge is 2.32. The van der Waals surface area contributed by atoms with Crippen molar-refractivity contribution < 1.29 is 63.1 Å². The third-order valence-electron chi connectivity index (χ3n) is 15.7. The van der Waals surface area contributed by atoms with Gasteiger partial charge in [0.1, 0.15) is 85.9 Å². The number of aryl methyl sites for hydroxylation is 2. The summed E-state index contributed by atoms with van der Waals surface area (Å²) in [6, 6.07) is 109. The number of rotatable bonds is 14. The number of ether oxygens (including phenoxy) is 7. The molecule has 14 heteroatoms. The second-order valence-electron chi connectivity index (χ2n) is 22.9. The van der Waals surface area contributed by atoms with Crippen LogP contribution in [0.15, 0.2) is 344 Å². The molecule has 0 aliphatic carbocycles. The Morgan fingerprint density at radius 1 is 0.288 bits per heavy atom. The largest absolute Gasteiger partial charge is 0.508 e. The molecule has 0 atom stereocenters. The Bertz CT molecular complexity index is 4440. The number of fused-ring (bicyclic) bond motifs is 3. The lowest BCUT2D eigenvalue weighted by Crippen LogP contribution is -2.45. The summed E-state index contributed by atoms with van der Waals surface area (Å²) in [5.41, 5.74) is 4.48. The summed E-state index contributed by atoms with van der Waals surface area (Å²) in [6.45, 7) is 11.1. The molecule has 13 aromatic carbocycles. The quantitative estimate of drug-likeness (QED) is 0.0650. The third kappa shape index (κ3) is 28.2. The molecule has 1 heterocycles. The zero-order valence-corrected chi connectivity index (χ0v) is 61.5. The third-order valence-corrected chi connectivity index (χ3v) is 21.3. The number of benzene rings is 13. The molecular weight excluding hydrogens is 1320 g/mol. The molecule has 5 N–H and O–H groups in total. The van der Waals surface area contributed by atoms with E-state index in [4.69, 9.17) is 63.1 Å². The minimum Gasteiger partial charge on any atom is -0.508 e. The van der Waals surface area contributed by atoms with E-state index < -0.39 is 8.07 Å². The van der Waals surface area contributed by atoms with Gasteiger partial charge in [0.25, 0.3) is 0 Å². The molecule has 0 saturated carbocycles. The number of furan rings is 1. The normalized spacial score (nSPS) is 9.89. The maximum atomic E-state index is 8.65. The number of aromatic hydroxyl groups is 5. The van der Waals surface area contributed by atoms with E-state index in [1.165, 1.54) is 76.1 Å². The van der Waals surface area contributed by atoms with Gasteiger partial charge in [0.2, 0.25) is 0 Å². The van der Waals surface area contributed by atoms with Gasteiger partial charge in [0, 0.05) is 35.0 Å². The Morgan fingerprint density at radius 2 is 0.635 bits per heavy atom. The van der Waals surface area contributed by atoms with Crippen LogP contribution in [-0.4, -0.2) is 62.0 Å². The smallest absolute Gasteiger partial charge is 0.163 e. The topological polar surface area (TPSA) is 179 Å². The van der Waals surface area contributed by atoms with Gasteiger partial charge in [0.05, 0.1) is 36.5 Å². The highest BCUT2D eigenvalue weighted by atomic mass is 28.3. The van der Waals surface area contributed by atoms with Crippen LogP contribution < -0.4 is 38.3 Å². The van der Waals surface area contributed by atoms with Gasteiger partial charge in [0.15, 0.2) is 11.5 Å². The summed E-state index contributed by atoms with van der Waals surface area (Å²) in [4.78, 5) is 0. The maximum absolute atomic E-state index is 8.65. The zero-order chi connectivity index (χ0) is 74.6. The predicted octanol–water partition coefficient (Wildman–Crippen LogP) is 23.4. The lowest BCUT2D eigenvalue weighted by molar-refractivity contribution is 0.353. The van der Waals surface area contributed by atoms with Crippen LogP contribution in [0.4, 0.5) is 0 Å². The van der Waals surface area contributed by atoms with Crippen molar-refractivity contribution in [3.8, 4) is 86.2 Å². The summed E-state index contributed by atoms with van der Waals surface area (Å²) in [7, 11) is 5.20. The molecular formula is C90H94O13Si. The van der Waals surface area contributed by atoms with Gasteiger partial charge < -0.3 is 63.1 Å². The van der Waals surface area contributed by atoms with Crippen molar-refractivity contribution in [3.63, 3.8) is 0 Å². The summed E-state index contributed by atoms with van der Waals surface area (Å²) in [6.07, 6.45) is 0. The fraction of sp³-hybridized carbons (Fsp3) is 0.133. The monoisotopic (exact) mass is 1410 g/mol. The van der Waals surface area contributed by atoms with Gasteiger partial charge in [-0.25, -0.2) is 0 Å². The first-order chi connectivity index (χ1) is 50.6. The predicted molar refractivity (Wildman–Crippen MR) is 426 cm³/mol. The molecule has 14 aromatic rings. The van der Waals surface area contributed by atoms with Crippen LogP contribution in [0, 0.1) is 13.8 Å². The van der Waals surface area contributed by atoms with Crippen molar-refractivity contribution >= 4 is 35.2 Å². The first-order valence-electron chi connectivity index (χ1n) is 33.9. The zero-order valence-electron chi connectivity index (χ0n) is 60.5. The number of para-hydroxylation sites is 7. The van der Waals surface area contributed by atoms with Gasteiger partial charge >= 0.3 is 0 Å². The van der Waals surface area contributed by atoms with Crippen molar-refractivity contribution in [2.24, 2.45) is 0 Å². The second kappa shape index (κ2) is 45.3. The molecule has 13 nitrogen and oxygen atoms in total. The molecule has 14 rings (SSSR count). The van der Waals surface area contributed by atoms with Crippen LogP contribution in [0.1, 0.15) is 31.9 Å². The lowest BCUT2D eigenvalue weighted by atomic mass is 10.1. The Hall–Kier alpha value is -12.5. The molecule has 0 bridgehead atoms. The molecule has 0 radical (unpaired) electrons. The van der Waals surface area contributed by atoms with E-state index >= 15 is 0 Å². The fourth-order valence-corrected chi connectivity index (χ4v) is 14.0. The molecule has 0 saturated heterocycles. The van der Waals surface area contributed by atoms with Crippen molar-refractivity contribution in [2.75, 3.05) is 28.4 Å². The molecule has 0 aliphatic rings. The van der Waals surface area contributed by atoms with Crippen LogP contribution in [0.3, 0.4) is 0 Å². The van der Waals surface area contributed by atoms with Crippen molar-refractivity contribution in [1.29, 1.82) is 0 Å². The van der Waals surface area contributed by atoms with E-state index in [-0.39, 0.29) is 23.0 Å². The van der Waals surface area contributed by atoms with E-state index in [1.54, 1.807) is 64.8 Å². The van der Waals surface area contributed by atoms with Crippen LogP contribution in [0.25, 0.3) is 21.9 Å². The molecule has 0 amide bonds. The van der Waals surface area contributed by atoms with Gasteiger partial charge in [-0.05, 0) is 151 Å². The van der Waals surface area contributed by atoms with Crippen molar-refractivity contribution in [2.45, 2.75) is 52.8 Å². The average Bonchev–Trinajstić information content (AvgIpc) is 1.59. The standard InChI is InChI=1S/C24H18O3.C18H22OSi.C9H12O2.C8H10O.C7H8O.2C6H6O2.C6H6O.C6H6/c1-3-9-19(10-4-1)25-21-13-7-15-23(17-21)27-24-16-8-14-22(18-24)26-20-11-5-2-6-12-20;1-4-20(5-2,6-3)17-13-9-11-15-14-10-7-8-12-16(14)19-18(15)17;1-7-5-4-6-8(10-2)9(7)11-3;1-7-4-3-5-8(6-7)9-2;1-8-7-5-3-2-4-6-7;2*7-5-2-1-3-6(8)4-5;7-6-4-2-1-3-5-6;1-2-4-6-5-3-1/h1-18H;7-13H,4-6H2,1-3H3;4-6H,1-3H3;3-6H,1-2H3;2-6H,1H3;2*1-4,7-8H;1-5,7H;1-6H. The Labute approximate surface area is 613 Å². The van der Waals surface area contributed by atoms with Gasteiger partial charge in [-0.15, -0.1) is 0 Å². The first-order valence-corrected chi connectivity index (χ1v) is 36.6. The van der Waals surface area contributed by atoms with Crippen LogP contribution in [0.2, 0.25) is 18.1 Å². The molecule has 0 unspecified atom stereocenters. The number of hydrogen-bond acceptors (Lipinski definition) is 13. The highest BCUT2D eigenvalue weighted by molar-refractivity contribution is 6.93. The summed E-state index contributed by atoms with van der Waals surface area (Å²) >= 11 is 0. The van der Waals surface area contributed by atoms with E-state index in [0.717, 1.165) is 62.7 Å². The number of phenols is 5. The molecule has 536 valence electrons. The Kier molecular flexibility index (Phi) is 35.0. The Balaban J connectivity index is 0.000000194. The Morgan fingerprint density at radius 3 is 1.00 bits per heavy atom. The van der Waals surface area contributed by atoms with Crippen LogP contribution in [0.5, 0.6) is 86.2 Å². The second-order valence-corrected chi connectivity index (χ2v) is 28.1. The molecule has 1 aromatic heterocycles. The molecule has 0 spiro atoms. The number of methoxy groups -OCH3 is 4. The maximum Gasteiger partial charge on any atom is 0.163 e. The van der Waals surface area contributed by atoms with E-state index in [2.05, 4.69) is 63.2 Å². The molecule has 104 heavy (non-hydrogen) atoms. The average molecular weight is 1410 g/mol. The lowest BCUT2D eigenvalue weighted by Gasteiger charge is -2.28. The summed E-state index contributed by atoms with van der Waals surface area (Å²) < 4.78 is 44.1. The van der Waals surface area contributed by atoms with Gasteiger partial charge in [-0.2, -0.15) is 0 Å². The van der Waals surface area contributed by atoms with Crippen molar-refractivity contribution in [1.82, 2.24) is 0 Å². The number of hydrogen-bond donors (Lipinski definition) is 5. The van der Waals surface area contributed by atoms with Gasteiger partial charge in [-0.3, -0.25) is 0 Å². The fourth-order valence-electron chi connectivity index (χ4n) is 10.2. The summed E-state index contributed by atoms with van der Waals surface area (Å²) in [5.74, 6) is 8.50. The summed E-state index contributed by atoms with van der Waals surface area (Å²) in [5, 5.41) is 47.3. The van der Waals surface area contributed by atoms with E-state index in [1.807, 2.05) is 238 Å². The van der Waals surface area contributed by atoms with E-state index in [9.17, 15) is 0 Å². The highest BCUT2D eigenvalue weighted by Crippen LogP contribution is 2.34. The van der Waals surface area contributed by atoms with E-state index in [0.29, 0.717) is 17.2 Å². The minimum atomic E-state index is -1.41. The molecule has 0 fully saturated rings. The van der Waals surface area contributed by atoms with Crippen LogP contribution >= 0.6 is 0 Å². The SMILES string of the molecule is CC[Si](CC)(CC)c1cccc2c1oc1ccccc12.COc1cccc(C)c1.COc1cccc(C)c1OC.COc1ccccc1.Oc1cccc(O)c1.Oc1cccc(O)c1.Oc1ccccc1.c1ccc(Oc2cccc(Oc3cccc(Oc4ccccc4)c3)c2)cc1.c1ccccc1. The molecule has 0 aliphatic heterocycles. The van der Waals surface area contributed by atoms with Gasteiger partial charge in [-0.1, -0.05) is 233 Å². The van der Waals surface area contributed by atoms with Crippen molar-refractivity contribution in [3.05, 3.63) is 351 Å².